The van der Waals surface area contributed by atoms with Gasteiger partial charge in [0.15, 0.2) is 0 Å². The second kappa shape index (κ2) is 13.5. The number of aromatic nitrogens is 2. The predicted octanol–water partition coefficient (Wildman–Crippen LogP) is 17.5. The molecule has 0 radical (unpaired) electrons. The van der Waals surface area contributed by atoms with Gasteiger partial charge in [0.2, 0.25) is 0 Å². The Morgan fingerprint density at radius 1 is 0.318 bits per heavy atom. The number of imidazole rings is 1. The molecule has 0 N–H and O–H groups in total. The third-order valence-corrected chi connectivity index (χ3v) is 15.2. The summed E-state index contributed by atoms with van der Waals surface area (Å²) in [5.41, 5.74) is 13.3. The van der Waals surface area contributed by atoms with E-state index in [1.807, 2.05) is 11.3 Å². The van der Waals surface area contributed by atoms with Gasteiger partial charge in [0.25, 0.3) is 0 Å². The molecule has 0 spiro atoms. The molecule has 0 fully saturated rings. The molecular weight excluding hydrogens is 821 g/mol. The van der Waals surface area contributed by atoms with Gasteiger partial charge >= 0.3 is 0 Å². The minimum Gasteiger partial charge on any atom is -0.306 e. The molecule has 14 aromatic rings. The van der Waals surface area contributed by atoms with Gasteiger partial charge in [0.05, 0.1) is 49.7 Å². The number of para-hydroxylation sites is 2. The highest BCUT2D eigenvalue weighted by Gasteiger charge is 2.33. The number of benzene rings is 11. The Morgan fingerprint density at radius 3 is 1.61 bits per heavy atom. The van der Waals surface area contributed by atoms with Crippen molar-refractivity contribution in [2.45, 2.75) is 0 Å². The molecule has 15 rings (SSSR count). The molecular formula is C61H36N4S. The molecule has 1 aliphatic heterocycles. The van der Waals surface area contributed by atoms with Gasteiger partial charge in [0, 0.05) is 31.9 Å². The number of anilines is 6. The first-order valence-corrected chi connectivity index (χ1v) is 23.4. The van der Waals surface area contributed by atoms with Crippen LogP contribution >= 0.6 is 11.3 Å². The molecule has 4 heterocycles. The fourth-order valence-electron chi connectivity index (χ4n) is 11.1. The fraction of sp³-hybridized carbons (Fsp3) is 0. The Kier molecular flexibility index (Phi) is 7.34. The molecule has 4 nitrogen and oxygen atoms in total. The molecule has 66 heavy (non-hydrogen) atoms. The van der Waals surface area contributed by atoms with Crippen molar-refractivity contribution in [3.63, 3.8) is 0 Å². The van der Waals surface area contributed by atoms with Gasteiger partial charge < -0.3 is 9.80 Å². The molecule has 0 amide bonds. The van der Waals surface area contributed by atoms with E-state index < -0.39 is 0 Å². The van der Waals surface area contributed by atoms with Crippen LogP contribution in [0, 0.1) is 0 Å². The summed E-state index contributed by atoms with van der Waals surface area (Å²) in [5, 5.41) is 13.7. The Balaban J connectivity index is 1.04. The molecule has 0 saturated heterocycles. The quantitative estimate of drug-likeness (QED) is 0.165. The normalized spacial score (nSPS) is 12.8. The van der Waals surface area contributed by atoms with Crippen molar-refractivity contribution >= 4 is 136 Å². The van der Waals surface area contributed by atoms with Gasteiger partial charge in [-0.25, -0.2) is 4.98 Å². The summed E-state index contributed by atoms with van der Waals surface area (Å²) < 4.78 is 4.91. The summed E-state index contributed by atoms with van der Waals surface area (Å²) >= 11 is 1.88. The van der Waals surface area contributed by atoms with Crippen LogP contribution in [-0.4, -0.2) is 9.38 Å². The second-order valence-electron chi connectivity index (χ2n) is 17.5. The zero-order chi connectivity index (χ0) is 43.0. The van der Waals surface area contributed by atoms with E-state index in [0.717, 1.165) is 67.1 Å². The van der Waals surface area contributed by atoms with E-state index in [9.17, 15) is 0 Å². The number of hydrogen-bond acceptors (Lipinski definition) is 4. The van der Waals surface area contributed by atoms with E-state index in [1.54, 1.807) is 0 Å². The highest BCUT2D eigenvalue weighted by molar-refractivity contribution is 7.26. The number of fused-ring (bicyclic) bond motifs is 19. The van der Waals surface area contributed by atoms with Crippen LogP contribution in [0.1, 0.15) is 0 Å². The first-order chi connectivity index (χ1) is 32.7. The van der Waals surface area contributed by atoms with Crippen LogP contribution in [0.5, 0.6) is 0 Å². The average Bonchev–Trinajstić information content (AvgIpc) is 3.97. The number of pyridine rings is 1. The summed E-state index contributed by atoms with van der Waals surface area (Å²) in [7, 11) is 0. The van der Waals surface area contributed by atoms with Crippen molar-refractivity contribution < 1.29 is 0 Å². The van der Waals surface area contributed by atoms with Crippen LogP contribution in [0.25, 0.3) is 102 Å². The molecule has 0 atom stereocenters. The number of rotatable bonds is 3. The largest absolute Gasteiger partial charge is 0.306 e. The minimum absolute atomic E-state index is 0.979. The monoisotopic (exact) mass is 856 g/mol. The van der Waals surface area contributed by atoms with Crippen molar-refractivity contribution in [1.82, 2.24) is 9.38 Å². The van der Waals surface area contributed by atoms with E-state index in [2.05, 4.69) is 233 Å². The molecule has 0 aliphatic carbocycles. The molecule has 0 unspecified atom stereocenters. The van der Waals surface area contributed by atoms with Crippen LogP contribution in [0.3, 0.4) is 0 Å². The first kappa shape index (κ1) is 35.9. The Labute approximate surface area is 383 Å². The maximum absolute atomic E-state index is 5.28. The van der Waals surface area contributed by atoms with Crippen molar-refractivity contribution in [3.8, 4) is 11.1 Å². The lowest BCUT2D eigenvalue weighted by Crippen LogP contribution is -2.24. The molecule has 306 valence electrons. The van der Waals surface area contributed by atoms with E-state index in [-0.39, 0.29) is 0 Å². The van der Waals surface area contributed by atoms with Gasteiger partial charge in [-0.15, -0.1) is 11.3 Å². The molecule has 11 aromatic carbocycles. The summed E-state index contributed by atoms with van der Waals surface area (Å²) in [6.45, 7) is 0. The second-order valence-corrected chi connectivity index (χ2v) is 18.5. The van der Waals surface area contributed by atoms with Crippen molar-refractivity contribution in [3.05, 3.63) is 218 Å². The predicted molar refractivity (Wildman–Crippen MR) is 281 cm³/mol. The summed E-state index contributed by atoms with van der Waals surface area (Å²) in [4.78, 5) is 10.3. The molecule has 5 heteroatoms. The van der Waals surface area contributed by atoms with E-state index in [1.165, 1.54) is 68.9 Å². The van der Waals surface area contributed by atoms with Crippen molar-refractivity contribution in [2.75, 3.05) is 9.80 Å². The summed E-state index contributed by atoms with van der Waals surface area (Å²) in [6.07, 6.45) is 0. The van der Waals surface area contributed by atoms with Crippen LogP contribution in [0.2, 0.25) is 0 Å². The lowest BCUT2D eigenvalue weighted by Gasteiger charge is -2.41. The van der Waals surface area contributed by atoms with Crippen molar-refractivity contribution in [1.29, 1.82) is 0 Å². The van der Waals surface area contributed by atoms with Gasteiger partial charge in [-0.1, -0.05) is 152 Å². The molecule has 0 saturated carbocycles. The molecule has 1 aliphatic rings. The van der Waals surface area contributed by atoms with Crippen LogP contribution in [0.15, 0.2) is 218 Å². The number of thiophene rings is 1. The van der Waals surface area contributed by atoms with Crippen LogP contribution < -0.4 is 9.80 Å². The van der Waals surface area contributed by atoms with Gasteiger partial charge in [-0.05, 0) is 116 Å². The van der Waals surface area contributed by atoms with Gasteiger partial charge in [-0.3, -0.25) is 4.40 Å². The highest BCUT2D eigenvalue weighted by Crippen LogP contribution is 2.58. The SMILES string of the molecule is c1ccc(N2c3ccc(-c4ccc5nc6c7ccccc7c7ccccc7n6c5c4)cc3N(c3cccc4c3sc3ccccc34)c3cc4c5ccccc5c5ccccc5c4cc32)cc1. The highest BCUT2D eigenvalue weighted by atomic mass is 32.1. The smallest absolute Gasteiger partial charge is 0.146 e. The Hall–Kier alpha value is -8.51. The Bertz CT molecular complexity index is 4370. The van der Waals surface area contributed by atoms with Gasteiger partial charge in [0.1, 0.15) is 5.65 Å². The number of nitrogens with zero attached hydrogens (tertiary/aromatic N) is 4. The fourth-order valence-corrected chi connectivity index (χ4v) is 12.3. The topological polar surface area (TPSA) is 23.8 Å². The third-order valence-electron chi connectivity index (χ3n) is 14.0. The summed E-state index contributed by atoms with van der Waals surface area (Å²) in [5.74, 6) is 0. The Morgan fingerprint density at radius 2 is 0.864 bits per heavy atom. The standard InChI is InChI=1S/C61H36N4S/c1-2-15-39(16-3-1)63-53-32-30-38(37-29-31-51-55(33-37)65-52-26-12-10-22-45(52)44-21-8-9-24-48(44)61(65)62-51)34-56(53)64(54-27-14-25-47-46-23-11-13-28-59(46)66-60(47)54)58-36-50-43-20-7-5-18-41(43)40-17-4-6-19-42(40)49(50)35-57(58)63/h1-36H. The average molecular weight is 857 g/mol. The van der Waals surface area contributed by atoms with E-state index >= 15 is 0 Å². The minimum atomic E-state index is 0.979. The lowest BCUT2D eigenvalue weighted by molar-refractivity contribution is 1.18. The lowest BCUT2D eigenvalue weighted by atomic mass is 9.91. The maximum atomic E-state index is 5.28. The van der Waals surface area contributed by atoms with Crippen molar-refractivity contribution in [2.24, 2.45) is 0 Å². The maximum Gasteiger partial charge on any atom is 0.146 e. The molecule has 0 bridgehead atoms. The van der Waals surface area contributed by atoms with Crippen LogP contribution in [0.4, 0.5) is 34.1 Å². The van der Waals surface area contributed by atoms with Gasteiger partial charge in [-0.2, -0.15) is 0 Å². The zero-order valence-corrected chi connectivity index (χ0v) is 36.3. The van der Waals surface area contributed by atoms with E-state index in [0.29, 0.717) is 0 Å². The number of hydrogen-bond donors (Lipinski definition) is 0. The zero-order valence-electron chi connectivity index (χ0n) is 35.5. The third kappa shape index (κ3) is 4.95. The summed E-state index contributed by atoms with van der Waals surface area (Å²) in [6, 6.07) is 80.5. The molecule has 3 aromatic heterocycles. The van der Waals surface area contributed by atoms with E-state index in [4.69, 9.17) is 4.98 Å². The van der Waals surface area contributed by atoms with Crippen LogP contribution in [-0.2, 0) is 0 Å². The first-order valence-electron chi connectivity index (χ1n) is 22.5.